The van der Waals surface area contributed by atoms with Crippen LogP contribution in [-0.4, -0.2) is 24.9 Å². The Morgan fingerprint density at radius 3 is 2.74 bits per heavy atom. The van der Waals surface area contributed by atoms with Crippen LogP contribution in [0.2, 0.25) is 0 Å². The highest BCUT2D eigenvalue weighted by molar-refractivity contribution is 5.61. The lowest BCUT2D eigenvalue weighted by molar-refractivity contribution is 0.283. The number of nitrogens with one attached hydrogen (secondary N) is 1. The van der Waals surface area contributed by atoms with E-state index in [1.165, 1.54) is 0 Å². The summed E-state index contributed by atoms with van der Waals surface area (Å²) in [5.41, 5.74) is 7.59. The summed E-state index contributed by atoms with van der Waals surface area (Å²) in [6.07, 6.45) is 5.21. The van der Waals surface area contributed by atoms with E-state index in [4.69, 9.17) is 15.6 Å². The third-order valence-electron chi connectivity index (χ3n) is 2.89. The molecule has 0 atom stereocenters. The number of nitrogen functional groups attached to an aromatic ring is 1. The zero-order valence-corrected chi connectivity index (χ0v) is 11.8. The molecule has 0 aromatic heterocycles. The molecule has 1 aromatic carbocycles. The van der Waals surface area contributed by atoms with Crippen molar-refractivity contribution >= 4 is 11.4 Å². The summed E-state index contributed by atoms with van der Waals surface area (Å²) in [6, 6.07) is 5.81. The fourth-order valence-electron chi connectivity index (χ4n) is 1.80. The van der Waals surface area contributed by atoms with Gasteiger partial charge in [-0.3, -0.25) is 0 Å². The molecule has 0 heterocycles. The second-order valence-electron chi connectivity index (χ2n) is 4.67. The first-order chi connectivity index (χ1) is 9.27. The van der Waals surface area contributed by atoms with E-state index >= 15 is 0 Å². The predicted octanol–water partition coefficient (Wildman–Crippen LogP) is 3.02. The first kappa shape index (κ1) is 15.6. The molecular formula is C15H26N2O2. The molecule has 0 amide bonds. The van der Waals surface area contributed by atoms with Gasteiger partial charge in [0.2, 0.25) is 0 Å². The molecular weight excluding hydrogens is 240 g/mol. The number of anilines is 2. The van der Waals surface area contributed by atoms with E-state index in [-0.39, 0.29) is 0 Å². The Labute approximate surface area is 116 Å². The van der Waals surface area contributed by atoms with Crippen LogP contribution in [-0.2, 0) is 0 Å². The van der Waals surface area contributed by atoms with E-state index in [9.17, 15) is 0 Å². The summed E-state index contributed by atoms with van der Waals surface area (Å²) in [4.78, 5) is 0. The Bertz CT molecular complexity index is 356. The van der Waals surface area contributed by atoms with Crippen molar-refractivity contribution in [3.63, 3.8) is 0 Å². The molecule has 1 aromatic rings. The average Bonchev–Trinajstić information content (AvgIpc) is 2.43. The standard InChI is InChI=1S/C15H26N2O2/c1-2-11-19-15-12-13(7-8-14(15)16)17-9-5-3-4-6-10-18/h7-8,12,17-18H,2-6,9-11,16H2,1H3. The van der Waals surface area contributed by atoms with Crippen LogP contribution in [0.25, 0.3) is 0 Å². The van der Waals surface area contributed by atoms with Crippen molar-refractivity contribution in [3.05, 3.63) is 18.2 Å². The van der Waals surface area contributed by atoms with E-state index in [0.29, 0.717) is 18.9 Å². The number of hydrogen-bond donors (Lipinski definition) is 3. The molecule has 0 fully saturated rings. The molecule has 1 rings (SSSR count). The summed E-state index contributed by atoms with van der Waals surface area (Å²) in [7, 11) is 0. The van der Waals surface area contributed by atoms with E-state index < -0.39 is 0 Å². The van der Waals surface area contributed by atoms with Gasteiger partial charge < -0.3 is 20.9 Å². The first-order valence-electron chi connectivity index (χ1n) is 7.15. The van der Waals surface area contributed by atoms with Gasteiger partial charge >= 0.3 is 0 Å². The number of benzene rings is 1. The molecule has 0 aliphatic heterocycles. The summed E-state index contributed by atoms with van der Waals surface area (Å²) < 4.78 is 5.59. The molecule has 0 unspecified atom stereocenters. The number of hydrogen-bond acceptors (Lipinski definition) is 4. The van der Waals surface area contributed by atoms with E-state index in [1.807, 2.05) is 18.2 Å². The van der Waals surface area contributed by atoms with Crippen LogP contribution in [0, 0.1) is 0 Å². The molecule has 4 nitrogen and oxygen atoms in total. The van der Waals surface area contributed by atoms with Crippen LogP contribution >= 0.6 is 0 Å². The molecule has 0 saturated heterocycles. The minimum Gasteiger partial charge on any atom is -0.491 e. The van der Waals surface area contributed by atoms with Crippen LogP contribution in [0.1, 0.15) is 39.0 Å². The van der Waals surface area contributed by atoms with Crippen molar-refractivity contribution in [1.29, 1.82) is 0 Å². The van der Waals surface area contributed by atoms with Crippen molar-refractivity contribution in [2.45, 2.75) is 39.0 Å². The largest absolute Gasteiger partial charge is 0.491 e. The fraction of sp³-hybridized carbons (Fsp3) is 0.600. The van der Waals surface area contributed by atoms with Gasteiger partial charge in [-0.2, -0.15) is 0 Å². The quantitative estimate of drug-likeness (QED) is 0.450. The number of aliphatic hydroxyl groups excluding tert-OH is 1. The van der Waals surface area contributed by atoms with Gasteiger partial charge in [0.05, 0.1) is 12.3 Å². The van der Waals surface area contributed by atoms with E-state index in [1.54, 1.807) is 0 Å². The van der Waals surface area contributed by atoms with Crippen LogP contribution in [0.5, 0.6) is 5.75 Å². The molecule has 4 N–H and O–H groups in total. The second kappa shape index (κ2) is 9.50. The number of rotatable bonds is 10. The highest BCUT2D eigenvalue weighted by Gasteiger charge is 2.01. The van der Waals surface area contributed by atoms with Crippen LogP contribution < -0.4 is 15.8 Å². The highest BCUT2D eigenvalue weighted by atomic mass is 16.5. The lowest BCUT2D eigenvalue weighted by Gasteiger charge is -2.11. The van der Waals surface area contributed by atoms with E-state index in [2.05, 4.69) is 12.2 Å². The summed E-state index contributed by atoms with van der Waals surface area (Å²) in [6.45, 7) is 3.99. The van der Waals surface area contributed by atoms with Gasteiger partial charge in [-0.15, -0.1) is 0 Å². The zero-order chi connectivity index (χ0) is 13.9. The SMILES string of the molecule is CCCOc1cc(NCCCCCCO)ccc1N. The maximum absolute atomic E-state index is 8.69. The zero-order valence-electron chi connectivity index (χ0n) is 11.8. The molecule has 4 heteroatoms. The van der Waals surface area contributed by atoms with Gasteiger partial charge in [-0.25, -0.2) is 0 Å². The fourth-order valence-corrected chi connectivity index (χ4v) is 1.80. The molecule has 0 aliphatic carbocycles. The number of nitrogens with two attached hydrogens (primary N) is 1. The monoisotopic (exact) mass is 266 g/mol. The normalized spacial score (nSPS) is 10.4. The maximum atomic E-state index is 8.69. The van der Waals surface area contributed by atoms with Crippen molar-refractivity contribution < 1.29 is 9.84 Å². The van der Waals surface area contributed by atoms with Crippen molar-refractivity contribution in [1.82, 2.24) is 0 Å². The van der Waals surface area contributed by atoms with Crippen LogP contribution in [0.3, 0.4) is 0 Å². The average molecular weight is 266 g/mol. The Morgan fingerprint density at radius 1 is 1.21 bits per heavy atom. The van der Waals surface area contributed by atoms with Crippen molar-refractivity contribution in [3.8, 4) is 5.75 Å². The topological polar surface area (TPSA) is 67.5 Å². The minimum atomic E-state index is 0.295. The van der Waals surface area contributed by atoms with Crippen LogP contribution in [0.15, 0.2) is 18.2 Å². The second-order valence-corrected chi connectivity index (χ2v) is 4.67. The summed E-state index contributed by atoms with van der Waals surface area (Å²) >= 11 is 0. The Hall–Kier alpha value is -1.42. The Morgan fingerprint density at radius 2 is 2.00 bits per heavy atom. The molecule has 0 radical (unpaired) electrons. The summed E-state index contributed by atoms with van der Waals surface area (Å²) in [5, 5.41) is 12.1. The maximum Gasteiger partial charge on any atom is 0.144 e. The lowest BCUT2D eigenvalue weighted by atomic mass is 10.2. The van der Waals surface area contributed by atoms with Gasteiger partial charge in [-0.1, -0.05) is 19.8 Å². The Balaban J connectivity index is 2.33. The molecule has 0 bridgehead atoms. The number of aliphatic hydroxyl groups is 1. The van der Waals surface area contributed by atoms with Crippen LogP contribution in [0.4, 0.5) is 11.4 Å². The number of unbranched alkanes of at least 4 members (excludes halogenated alkanes) is 3. The van der Waals surface area contributed by atoms with Gasteiger partial charge in [-0.05, 0) is 31.4 Å². The molecule has 0 aliphatic rings. The van der Waals surface area contributed by atoms with Crippen molar-refractivity contribution in [2.75, 3.05) is 30.8 Å². The third-order valence-corrected chi connectivity index (χ3v) is 2.89. The molecule has 108 valence electrons. The highest BCUT2D eigenvalue weighted by Crippen LogP contribution is 2.25. The van der Waals surface area contributed by atoms with Crippen molar-refractivity contribution in [2.24, 2.45) is 0 Å². The minimum absolute atomic E-state index is 0.295. The van der Waals surface area contributed by atoms with Gasteiger partial charge in [0, 0.05) is 24.9 Å². The van der Waals surface area contributed by atoms with E-state index in [0.717, 1.165) is 50.1 Å². The predicted molar refractivity (Wildman–Crippen MR) is 80.7 cm³/mol. The number of ether oxygens (including phenoxy) is 1. The lowest BCUT2D eigenvalue weighted by Crippen LogP contribution is -2.04. The molecule has 19 heavy (non-hydrogen) atoms. The third kappa shape index (κ3) is 6.34. The van der Waals surface area contributed by atoms with Gasteiger partial charge in [0.1, 0.15) is 5.75 Å². The smallest absolute Gasteiger partial charge is 0.144 e. The summed E-state index contributed by atoms with van der Waals surface area (Å²) in [5.74, 6) is 0.757. The Kier molecular flexibility index (Phi) is 7.82. The van der Waals surface area contributed by atoms with Gasteiger partial charge in [0.25, 0.3) is 0 Å². The van der Waals surface area contributed by atoms with Gasteiger partial charge in [0.15, 0.2) is 0 Å². The first-order valence-corrected chi connectivity index (χ1v) is 7.15. The molecule has 0 saturated carbocycles. The molecule has 0 spiro atoms.